The fourth-order valence-electron chi connectivity index (χ4n) is 8.04. The van der Waals surface area contributed by atoms with Gasteiger partial charge < -0.3 is 20.6 Å². The molecule has 4 N–H and O–H groups in total. The summed E-state index contributed by atoms with van der Waals surface area (Å²) in [7, 11) is 0. The van der Waals surface area contributed by atoms with Crippen LogP contribution < -0.4 is 11.5 Å². The summed E-state index contributed by atoms with van der Waals surface area (Å²) in [5.74, 6) is 2.09. The van der Waals surface area contributed by atoms with Crippen LogP contribution >= 0.6 is 0 Å². The highest BCUT2D eigenvalue weighted by atomic mass is 15.1. The van der Waals surface area contributed by atoms with E-state index in [0.29, 0.717) is 32.5 Å². The maximum atomic E-state index is 7.99. The second-order valence-electron chi connectivity index (χ2n) is 14.6. The number of unbranched alkanes of at least 4 members (excludes halogenated alkanes) is 2. The number of para-hydroxylation sites is 2. The van der Waals surface area contributed by atoms with Gasteiger partial charge in [-0.2, -0.15) is 0 Å². The summed E-state index contributed by atoms with van der Waals surface area (Å²) in [5, 5.41) is 2.13. The second kappa shape index (κ2) is 15.5. The first-order chi connectivity index (χ1) is 26.5. The molecule has 4 heterocycles. The minimum absolute atomic E-state index is 0.487. The van der Waals surface area contributed by atoms with Crippen LogP contribution in [0.2, 0.25) is 0 Å². The van der Waals surface area contributed by atoms with Crippen LogP contribution in [0.15, 0.2) is 109 Å². The fourth-order valence-corrected chi connectivity index (χ4v) is 8.04. The van der Waals surface area contributed by atoms with Gasteiger partial charge >= 0.3 is 0 Å². The number of nitrogens with two attached hydrogens (primary N) is 2. The Morgan fingerprint density at radius 3 is 1.39 bits per heavy atom. The fraction of sp³-hybridized carbons (Fsp3) is 0.304. The van der Waals surface area contributed by atoms with Crippen LogP contribution in [-0.4, -0.2) is 35.6 Å². The smallest absolute Gasteiger partial charge is 0.113 e. The molecular weight excluding hydrogens is 665 g/mol. The summed E-state index contributed by atoms with van der Waals surface area (Å²) in [4.78, 5) is 21.9. The molecule has 54 heavy (non-hydrogen) atoms. The molecule has 0 fully saturated rings. The number of fused-ring (bicyclic) bond motifs is 6. The first-order valence-corrected chi connectivity index (χ1v) is 19.7. The monoisotopic (exact) mass is 714 g/mol. The van der Waals surface area contributed by atoms with E-state index < -0.39 is 5.54 Å². The molecule has 0 radical (unpaired) electrons. The largest absolute Gasteiger partial charge is 0.330 e. The maximum Gasteiger partial charge on any atom is 0.113 e. The van der Waals surface area contributed by atoms with Gasteiger partial charge in [-0.15, -0.1) is 0 Å². The summed E-state index contributed by atoms with van der Waals surface area (Å²) in [6, 6.07) is 38.1. The van der Waals surface area contributed by atoms with Crippen molar-refractivity contribution in [2.45, 2.75) is 83.8 Å². The van der Waals surface area contributed by atoms with Gasteiger partial charge in [-0.1, -0.05) is 124 Å². The minimum Gasteiger partial charge on any atom is -0.330 e. The predicted octanol–water partition coefficient (Wildman–Crippen LogP) is 9.21. The number of imidazole rings is 2. The van der Waals surface area contributed by atoms with Gasteiger partial charge in [0.15, 0.2) is 0 Å². The Balaban J connectivity index is 1.45. The van der Waals surface area contributed by atoms with Crippen LogP contribution in [0.5, 0.6) is 0 Å². The van der Waals surface area contributed by atoms with Crippen molar-refractivity contribution >= 4 is 43.9 Å². The van der Waals surface area contributed by atoms with E-state index in [-0.39, 0.29) is 0 Å². The van der Waals surface area contributed by atoms with Gasteiger partial charge in [0.05, 0.1) is 33.5 Å². The zero-order valence-electron chi connectivity index (χ0n) is 31.5. The van der Waals surface area contributed by atoms with Crippen LogP contribution in [0.25, 0.3) is 43.9 Å². The van der Waals surface area contributed by atoms with Crippen molar-refractivity contribution < 1.29 is 0 Å². The molecule has 0 amide bonds. The first kappa shape index (κ1) is 35.6. The van der Waals surface area contributed by atoms with E-state index in [2.05, 4.69) is 132 Å². The Labute approximate surface area is 317 Å². The Bertz CT molecular complexity index is 2360. The molecule has 0 aliphatic rings. The summed E-state index contributed by atoms with van der Waals surface area (Å²) in [5.41, 5.74) is 22.6. The molecule has 0 unspecified atom stereocenters. The van der Waals surface area contributed by atoms with Gasteiger partial charge in [-0.3, -0.25) is 0 Å². The van der Waals surface area contributed by atoms with E-state index >= 15 is 0 Å². The lowest BCUT2D eigenvalue weighted by molar-refractivity contribution is 0.460. The average molecular weight is 715 g/mol. The lowest BCUT2D eigenvalue weighted by Crippen LogP contribution is -2.41. The number of hydrogen-bond donors (Lipinski definition) is 2. The molecule has 4 aromatic heterocycles. The highest BCUT2D eigenvalue weighted by molar-refractivity contribution is 6.06. The minimum atomic E-state index is -1.15. The number of aromatic nitrogens is 6. The highest BCUT2D eigenvalue weighted by Crippen LogP contribution is 2.41. The first-order valence-electron chi connectivity index (χ1n) is 19.7. The van der Waals surface area contributed by atoms with Gasteiger partial charge in [0, 0.05) is 36.7 Å². The SMILES string of the molecule is CCCCc1nc2c(C(N)(CCCN)c3nc4ccccc4c4c3nc(CCCC)n4Cc3ccccc3)nc3ccccc3c2n1Cc1ccccc1. The predicted molar refractivity (Wildman–Crippen MR) is 222 cm³/mol. The topological polar surface area (TPSA) is 113 Å². The van der Waals surface area contributed by atoms with Crippen LogP contribution in [0.3, 0.4) is 0 Å². The standard InChI is InChI=1S/C46H50N8/c1-3-5-26-38-51-40-42(53(38)30-32-18-9-7-10-19-32)34-22-13-15-24-36(34)49-44(40)46(48,28-17-29-47)45-41-43(35-23-14-16-25-37(35)50-45)54(39(52-41)27-6-4-2)31-33-20-11-8-12-21-33/h7-16,18-25H,3-6,17,26-31,47-48H2,1-2H3. The van der Waals surface area contributed by atoms with E-state index in [0.717, 1.165) is 105 Å². The van der Waals surface area contributed by atoms with Crippen LogP contribution in [0, 0.1) is 0 Å². The molecular formula is C46H50N8. The molecule has 274 valence electrons. The van der Waals surface area contributed by atoms with E-state index in [4.69, 9.17) is 31.4 Å². The third-order valence-electron chi connectivity index (χ3n) is 10.8. The molecule has 8 heteroatoms. The Hall–Kier alpha value is -5.44. The zero-order valence-corrected chi connectivity index (χ0v) is 31.5. The molecule has 0 spiro atoms. The normalized spacial score (nSPS) is 12.1. The van der Waals surface area contributed by atoms with Gasteiger partial charge in [0.25, 0.3) is 0 Å². The highest BCUT2D eigenvalue weighted by Gasteiger charge is 2.39. The second-order valence-corrected chi connectivity index (χ2v) is 14.6. The summed E-state index contributed by atoms with van der Waals surface area (Å²) in [6.07, 6.45) is 7.15. The number of pyridine rings is 2. The maximum absolute atomic E-state index is 7.99. The van der Waals surface area contributed by atoms with Crippen molar-refractivity contribution in [1.82, 2.24) is 29.1 Å². The molecule has 0 aliphatic carbocycles. The Morgan fingerprint density at radius 1 is 0.537 bits per heavy atom. The number of nitrogens with zero attached hydrogens (tertiary/aromatic N) is 6. The van der Waals surface area contributed by atoms with Crippen LogP contribution in [0.1, 0.15) is 86.5 Å². The van der Waals surface area contributed by atoms with Crippen LogP contribution in [0.4, 0.5) is 0 Å². The van der Waals surface area contributed by atoms with Gasteiger partial charge in [-0.05, 0) is 55.5 Å². The van der Waals surface area contributed by atoms with Crippen molar-refractivity contribution in [3.63, 3.8) is 0 Å². The summed E-state index contributed by atoms with van der Waals surface area (Å²) < 4.78 is 4.80. The molecule has 8 rings (SSSR count). The molecule has 0 saturated heterocycles. The molecule has 0 atom stereocenters. The number of rotatable bonds is 15. The van der Waals surface area contributed by atoms with Gasteiger partial charge in [0.2, 0.25) is 0 Å². The number of hydrogen-bond acceptors (Lipinski definition) is 6. The summed E-state index contributed by atoms with van der Waals surface area (Å²) in [6.45, 7) is 6.35. The zero-order chi connectivity index (χ0) is 37.1. The third kappa shape index (κ3) is 6.54. The van der Waals surface area contributed by atoms with Crippen molar-refractivity contribution in [3.05, 3.63) is 143 Å². The van der Waals surface area contributed by atoms with Gasteiger partial charge in [-0.25, -0.2) is 19.9 Å². The van der Waals surface area contributed by atoms with Gasteiger partial charge in [0.1, 0.15) is 28.2 Å². The number of benzene rings is 4. The van der Waals surface area contributed by atoms with Crippen molar-refractivity contribution in [3.8, 4) is 0 Å². The molecule has 8 aromatic rings. The molecule has 4 aromatic carbocycles. The molecule has 0 bridgehead atoms. The lowest BCUT2D eigenvalue weighted by Gasteiger charge is -2.30. The lowest BCUT2D eigenvalue weighted by atomic mass is 9.84. The average Bonchev–Trinajstić information content (AvgIpc) is 3.76. The molecule has 8 nitrogen and oxygen atoms in total. The Morgan fingerprint density at radius 2 is 0.963 bits per heavy atom. The third-order valence-corrected chi connectivity index (χ3v) is 10.8. The van der Waals surface area contributed by atoms with E-state index in [9.17, 15) is 0 Å². The van der Waals surface area contributed by atoms with Crippen molar-refractivity contribution in [1.29, 1.82) is 0 Å². The number of aryl methyl sites for hydroxylation is 2. The van der Waals surface area contributed by atoms with E-state index in [1.807, 2.05) is 0 Å². The van der Waals surface area contributed by atoms with Crippen molar-refractivity contribution in [2.24, 2.45) is 11.5 Å². The Kier molecular flexibility index (Phi) is 10.2. The van der Waals surface area contributed by atoms with E-state index in [1.54, 1.807) is 0 Å². The van der Waals surface area contributed by atoms with Crippen LogP contribution in [-0.2, 0) is 31.5 Å². The van der Waals surface area contributed by atoms with E-state index in [1.165, 1.54) is 11.1 Å². The summed E-state index contributed by atoms with van der Waals surface area (Å²) >= 11 is 0. The molecule has 0 aliphatic heterocycles. The quantitative estimate of drug-likeness (QED) is 0.110. The molecule has 0 saturated carbocycles. The van der Waals surface area contributed by atoms with Crippen molar-refractivity contribution in [2.75, 3.05) is 6.54 Å².